The molecule has 8 heteroatoms. The number of carbonyl (C=O) groups is 1. The van der Waals surface area contributed by atoms with Gasteiger partial charge in [0, 0.05) is 12.6 Å². The van der Waals surface area contributed by atoms with Crippen molar-refractivity contribution in [2.75, 3.05) is 11.5 Å². The van der Waals surface area contributed by atoms with Gasteiger partial charge < -0.3 is 4.90 Å². The summed E-state index contributed by atoms with van der Waals surface area (Å²) in [7, 11) is -3.15. The van der Waals surface area contributed by atoms with Gasteiger partial charge in [0.15, 0.2) is 9.84 Å². The summed E-state index contributed by atoms with van der Waals surface area (Å²) in [5, 5.41) is 0.445. The lowest BCUT2D eigenvalue weighted by atomic mass is 10.1. The number of hydrogen-bond donors (Lipinski definition) is 0. The van der Waals surface area contributed by atoms with Gasteiger partial charge in [0.05, 0.1) is 28.7 Å². The Morgan fingerprint density at radius 1 is 1.10 bits per heavy atom. The van der Waals surface area contributed by atoms with Gasteiger partial charge in [-0.05, 0) is 24.1 Å². The number of amides is 1. The Labute approximate surface area is 168 Å². The quantitative estimate of drug-likeness (QED) is 0.636. The lowest BCUT2D eigenvalue weighted by Gasteiger charge is -2.28. The summed E-state index contributed by atoms with van der Waals surface area (Å²) in [6, 6.07) is 16.0. The number of sulfone groups is 1. The summed E-state index contributed by atoms with van der Waals surface area (Å²) in [5.74, 6) is -0.264. The molecule has 0 bridgehead atoms. The van der Waals surface area contributed by atoms with Gasteiger partial charge >= 0.3 is 0 Å². The number of carbonyl (C=O) groups excluding carboxylic acids is 1. The number of aromatic nitrogens is 2. The van der Waals surface area contributed by atoms with Crippen LogP contribution in [0.15, 0.2) is 65.7 Å². The van der Waals surface area contributed by atoms with E-state index in [0.717, 1.165) is 5.56 Å². The van der Waals surface area contributed by atoms with Crippen LogP contribution >= 0.6 is 0 Å². The Kier molecular flexibility index (Phi) is 5.19. The lowest BCUT2D eigenvalue weighted by molar-refractivity contribution is -0.134. The minimum atomic E-state index is -3.15. The lowest BCUT2D eigenvalue weighted by Crippen LogP contribution is -2.43. The molecule has 1 aliphatic heterocycles. The summed E-state index contributed by atoms with van der Waals surface area (Å²) in [4.78, 5) is 31.7. The van der Waals surface area contributed by atoms with Crippen LogP contribution in [0.2, 0.25) is 0 Å². The van der Waals surface area contributed by atoms with Crippen LogP contribution in [0.1, 0.15) is 12.0 Å². The molecule has 3 aromatic rings. The Morgan fingerprint density at radius 2 is 1.83 bits per heavy atom. The molecular formula is C21H21N3O4S. The van der Waals surface area contributed by atoms with Crippen molar-refractivity contribution < 1.29 is 13.2 Å². The number of fused-ring (bicyclic) bond motifs is 1. The number of nitrogens with zero attached hydrogens (tertiary/aromatic N) is 3. The second kappa shape index (κ2) is 7.79. The number of benzene rings is 2. The molecule has 1 amide bonds. The SMILES string of the molecule is O=C(Cn1cnc2ccccc2c1=O)N(Cc1ccccc1)C1CCS(=O)(=O)C1. The molecule has 1 saturated heterocycles. The van der Waals surface area contributed by atoms with E-state index in [1.54, 1.807) is 29.2 Å². The maximum Gasteiger partial charge on any atom is 0.261 e. The summed E-state index contributed by atoms with van der Waals surface area (Å²) in [5.41, 5.74) is 1.20. The largest absolute Gasteiger partial charge is 0.333 e. The van der Waals surface area contributed by atoms with Crippen molar-refractivity contribution in [3.05, 3.63) is 76.8 Å². The van der Waals surface area contributed by atoms with E-state index in [2.05, 4.69) is 4.98 Å². The first-order valence-electron chi connectivity index (χ1n) is 9.41. The van der Waals surface area contributed by atoms with Crippen molar-refractivity contribution in [2.24, 2.45) is 0 Å². The van der Waals surface area contributed by atoms with Gasteiger partial charge in [-0.3, -0.25) is 14.2 Å². The summed E-state index contributed by atoms with van der Waals surface area (Å²) in [6.45, 7) is 0.121. The van der Waals surface area contributed by atoms with Crippen LogP contribution in [0.5, 0.6) is 0 Å². The Morgan fingerprint density at radius 3 is 2.55 bits per heavy atom. The van der Waals surface area contributed by atoms with E-state index in [9.17, 15) is 18.0 Å². The van der Waals surface area contributed by atoms with Crippen molar-refractivity contribution in [2.45, 2.75) is 25.6 Å². The van der Waals surface area contributed by atoms with E-state index in [0.29, 0.717) is 23.9 Å². The molecule has 0 aliphatic carbocycles. The van der Waals surface area contributed by atoms with Gasteiger partial charge in [0.1, 0.15) is 6.54 Å². The fraction of sp³-hybridized carbons (Fsp3) is 0.286. The van der Waals surface area contributed by atoms with Crippen LogP contribution in [0.25, 0.3) is 10.9 Å². The molecule has 1 aromatic heterocycles. The average molecular weight is 411 g/mol. The highest BCUT2D eigenvalue weighted by Gasteiger charge is 2.34. The monoisotopic (exact) mass is 411 g/mol. The van der Waals surface area contributed by atoms with Crippen molar-refractivity contribution >= 4 is 26.6 Å². The number of rotatable bonds is 5. The highest BCUT2D eigenvalue weighted by Crippen LogP contribution is 2.20. The highest BCUT2D eigenvalue weighted by molar-refractivity contribution is 7.91. The molecule has 1 unspecified atom stereocenters. The molecule has 0 spiro atoms. The van der Waals surface area contributed by atoms with Crippen molar-refractivity contribution in [3.63, 3.8) is 0 Å². The van der Waals surface area contributed by atoms with Gasteiger partial charge in [-0.2, -0.15) is 0 Å². The van der Waals surface area contributed by atoms with Crippen LogP contribution < -0.4 is 5.56 Å². The average Bonchev–Trinajstić information content (AvgIpc) is 3.08. The third kappa shape index (κ3) is 4.22. The van der Waals surface area contributed by atoms with Gasteiger partial charge in [-0.15, -0.1) is 0 Å². The first-order chi connectivity index (χ1) is 13.9. The van der Waals surface area contributed by atoms with Crippen LogP contribution in [0, 0.1) is 0 Å². The molecule has 1 aliphatic rings. The number of hydrogen-bond acceptors (Lipinski definition) is 5. The molecule has 0 radical (unpaired) electrons. The van der Waals surface area contributed by atoms with Crippen LogP contribution in [-0.2, 0) is 27.7 Å². The van der Waals surface area contributed by atoms with Gasteiger partial charge in [0.25, 0.3) is 5.56 Å². The molecule has 29 heavy (non-hydrogen) atoms. The zero-order valence-corrected chi connectivity index (χ0v) is 16.6. The van der Waals surface area contributed by atoms with Crippen LogP contribution in [-0.4, -0.2) is 46.3 Å². The maximum absolute atomic E-state index is 13.1. The minimum absolute atomic E-state index is 0.0452. The maximum atomic E-state index is 13.1. The molecule has 4 rings (SSSR count). The van der Waals surface area contributed by atoms with Crippen LogP contribution in [0.3, 0.4) is 0 Å². The summed E-state index contributed by atoms with van der Waals surface area (Å²) < 4.78 is 25.2. The van der Waals surface area contributed by atoms with Gasteiger partial charge in [-0.1, -0.05) is 42.5 Å². The summed E-state index contributed by atoms with van der Waals surface area (Å²) >= 11 is 0. The Balaban J connectivity index is 1.63. The Bertz CT molecular complexity index is 1210. The molecule has 0 N–H and O–H groups in total. The fourth-order valence-electron chi connectivity index (χ4n) is 3.68. The first kappa shape index (κ1) is 19.3. The third-order valence-electron chi connectivity index (χ3n) is 5.20. The second-order valence-electron chi connectivity index (χ2n) is 7.26. The highest BCUT2D eigenvalue weighted by atomic mass is 32.2. The molecule has 1 fully saturated rings. The van der Waals surface area contributed by atoms with E-state index >= 15 is 0 Å². The third-order valence-corrected chi connectivity index (χ3v) is 6.95. The smallest absolute Gasteiger partial charge is 0.261 e. The van der Waals surface area contributed by atoms with E-state index in [1.807, 2.05) is 30.3 Å². The normalized spacial score (nSPS) is 18.0. The standard InChI is InChI=1S/C21H21N3O4S/c25-20(13-23-15-22-19-9-5-4-8-18(19)21(23)26)24(12-16-6-2-1-3-7-16)17-10-11-29(27,28)14-17/h1-9,15,17H,10-14H2. The van der Waals surface area contributed by atoms with E-state index in [1.165, 1.54) is 10.9 Å². The van der Waals surface area contributed by atoms with Gasteiger partial charge in [0.2, 0.25) is 5.91 Å². The predicted octanol–water partition coefficient (Wildman–Crippen LogP) is 1.61. The van der Waals surface area contributed by atoms with Crippen LogP contribution in [0.4, 0.5) is 0 Å². The first-order valence-corrected chi connectivity index (χ1v) is 11.2. The predicted molar refractivity (Wildman–Crippen MR) is 110 cm³/mol. The zero-order valence-electron chi connectivity index (χ0n) is 15.8. The van der Waals surface area contributed by atoms with E-state index in [4.69, 9.17) is 0 Å². The molecule has 0 saturated carbocycles. The second-order valence-corrected chi connectivity index (χ2v) is 9.49. The molecule has 1 atom stereocenters. The zero-order chi connectivity index (χ0) is 20.4. The molecule has 7 nitrogen and oxygen atoms in total. The van der Waals surface area contributed by atoms with Crippen molar-refractivity contribution in [1.29, 1.82) is 0 Å². The van der Waals surface area contributed by atoms with Crippen molar-refractivity contribution in [1.82, 2.24) is 14.5 Å². The molecule has 2 aromatic carbocycles. The Hall–Kier alpha value is -3.00. The topological polar surface area (TPSA) is 89.3 Å². The summed E-state index contributed by atoms with van der Waals surface area (Å²) in [6.07, 6.45) is 1.78. The molecule has 2 heterocycles. The van der Waals surface area contributed by atoms with E-state index in [-0.39, 0.29) is 29.5 Å². The molecular weight excluding hydrogens is 390 g/mol. The van der Waals surface area contributed by atoms with E-state index < -0.39 is 15.9 Å². The van der Waals surface area contributed by atoms with Gasteiger partial charge in [-0.25, -0.2) is 13.4 Å². The minimum Gasteiger partial charge on any atom is -0.333 e. The number of para-hydroxylation sites is 1. The van der Waals surface area contributed by atoms with Crippen molar-refractivity contribution in [3.8, 4) is 0 Å². The molecule has 150 valence electrons. The fourth-order valence-corrected chi connectivity index (χ4v) is 5.41.